The maximum Gasteiger partial charge on any atom is 0.306 e. The number of nitro benzene ring substituents is 1. The minimum absolute atomic E-state index is 0.0579. The summed E-state index contributed by atoms with van der Waals surface area (Å²) in [4.78, 5) is 25.8. The van der Waals surface area contributed by atoms with Gasteiger partial charge in [0.05, 0.1) is 16.5 Å². The Morgan fingerprint density at radius 3 is 2.50 bits per heavy atom. The molecule has 0 radical (unpaired) electrons. The van der Waals surface area contributed by atoms with Crippen LogP contribution in [0.2, 0.25) is 0 Å². The predicted octanol–water partition coefficient (Wildman–Crippen LogP) is 3.77. The highest BCUT2D eigenvalue weighted by molar-refractivity contribution is 7.14. The SMILES string of the molecule is O=C(O)C1CCC(Nc2nc(-c3ccc([N+](=O)[O-])cc3)cs2)CC1. The molecule has 3 rings (SSSR count). The molecular formula is C16H17N3O4S. The number of nitro groups is 1. The van der Waals surface area contributed by atoms with E-state index in [0.29, 0.717) is 12.8 Å². The van der Waals surface area contributed by atoms with Gasteiger partial charge in [0.25, 0.3) is 5.69 Å². The molecule has 7 nitrogen and oxygen atoms in total. The molecule has 1 aromatic heterocycles. The molecule has 1 aromatic carbocycles. The molecule has 2 aromatic rings. The first-order chi connectivity index (χ1) is 11.5. The molecule has 0 amide bonds. The molecule has 0 unspecified atom stereocenters. The maximum absolute atomic E-state index is 11.0. The van der Waals surface area contributed by atoms with Gasteiger partial charge in [0, 0.05) is 29.1 Å². The van der Waals surface area contributed by atoms with E-state index in [1.165, 1.54) is 23.5 Å². The summed E-state index contributed by atoms with van der Waals surface area (Å²) in [6.45, 7) is 0. The summed E-state index contributed by atoms with van der Waals surface area (Å²) in [5.41, 5.74) is 1.67. The van der Waals surface area contributed by atoms with E-state index < -0.39 is 10.9 Å². The van der Waals surface area contributed by atoms with Gasteiger partial charge in [0.1, 0.15) is 0 Å². The van der Waals surface area contributed by atoms with E-state index in [1.807, 2.05) is 5.38 Å². The minimum atomic E-state index is -0.705. The predicted molar refractivity (Wildman–Crippen MR) is 91.2 cm³/mol. The summed E-state index contributed by atoms with van der Waals surface area (Å²) in [6, 6.07) is 6.56. The first kappa shape index (κ1) is 16.4. The average Bonchev–Trinajstić information content (AvgIpc) is 3.04. The third-order valence-electron chi connectivity index (χ3n) is 4.28. The number of non-ortho nitro benzene ring substituents is 1. The molecule has 0 spiro atoms. The van der Waals surface area contributed by atoms with Crippen LogP contribution in [0.3, 0.4) is 0 Å². The highest BCUT2D eigenvalue weighted by Gasteiger charge is 2.26. The Bertz CT molecular complexity index is 736. The van der Waals surface area contributed by atoms with Gasteiger partial charge in [0.2, 0.25) is 0 Å². The van der Waals surface area contributed by atoms with Gasteiger partial charge in [-0.25, -0.2) is 4.98 Å². The van der Waals surface area contributed by atoms with E-state index in [9.17, 15) is 14.9 Å². The summed E-state index contributed by atoms with van der Waals surface area (Å²) in [5, 5.41) is 25.8. The van der Waals surface area contributed by atoms with Crippen molar-refractivity contribution in [2.24, 2.45) is 5.92 Å². The largest absolute Gasteiger partial charge is 0.481 e. The van der Waals surface area contributed by atoms with Crippen molar-refractivity contribution >= 4 is 28.1 Å². The summed E-state index contributed by atoms with van der Waals surface area (Å²) < 4.78 is 0. The number of thiazole rings is 1. The lowest BCUT2D eigenvalue weighted by Crippen LogP contribution is -2.29. The second-order valence-electron chi connectivity index (χ2n) is 5.87. The van der Waals surface area contributed by atoms with Crippen molar-refractivity contribution < 1.29 is 14.8 Å². The number of carbonyl (C=O) groups is 1. The number of hydrogen-bond acceptors (Lipinski definition) is 6. The van der Waals surface area contributed by atoms with Gasteiger partial charge in [-0.05, 0) is 37.8 Å². The Balaban J connectivity index is 1.61. The maximum atomic E-state index is 11.0. The molecule has 0 aliphatic heterocycles. The lowest BCUT2D eigenvalue weighted by Gasteiger charge is -2.26. The fourth-order valence-electron chi connectivity index (χ4n) is 2.89. The van der Waals surface area contributed by atoms with Crippen LogP contribution in [0, 0.1) is 16.0 Å². The molecule has 1 fully saturated rings. The topological polar surface area (TPSA) is 105 Å². The number of carboxylic acids is 1. The van der Waals surface area contributed by atoms with E-state index in [2.05, 4.69) is 10.3 Å². The summed E-state index contributed by atoms with van der Waals surface area (Å²) in [6.07, 6.45) is 3.02. The van der Waals surface area contributed by atoms with Gasteiger partial charge in [-0.15, -0.1) is 11.3 Å². The first-order valence-corrected chi connectivity index (χ1v) is 8.60. The highest BCUT2D eigenvalue weighted by Crippen LogP contribution is 2.30. The smallest absolute Gasteiger partial charge is 0.306 e. The molecule has 126 valence electrons. The van der Waals surface area contributed by atoms with Crippen molar-refractivity contribution in [2.75, 3.05) is 5.32 Å². The van der Waals surface area contributed by atoms with E-state index in [1.54, 1.807) is 12.1 Å². The second-order valence-corrected chi connectivity index (χ2v) is 6.73. The van der Waals surface area contributed by atoms with Crippen LogP contribution in [0.25, 0.3) is 11.3 Å². The molecule has 24 heavy (non-hydrogen) atoms. The number of benzene rings is 1. The van der Waals surface area contributed by atoms with Crippen LogP contribution in [0.4, 0.5) is 10.8 Å². The van der Waals surface area contributed by atoms with Gasteiger partial charge >= 0.3 is 5.97 Å². The summed E-state index contributed by atoms with van der Waals surface area (Å²) in [5.74, 6) is -0.932. The van der Waals surface area contributed by atoms with Crippen molar-refractivity contribution in [1.29, 1.82) is 0 Å². The average molecular weight is 347 g/mol. The second kappa shape index (κ2) is 6.96. The summed E-state index contributed by atoms with van der Waals surface area (Å²) >= 11 is 1.48. The van der Waals surface area contributed by atoms with Gasteiger partial charge < -0.3 is 10.4 Å². The lowest BCUT2D eigenvalue weighted by molar-refractivity contribution is -0.384. The fourth-order valence-corrected chi connectivity index (χ4v) is 3.68. The van der Waals surface area contributed by atoms with Gasteiger partial charge in [0.15, 0.2) is 5.13 Å². The Labute approximate surface area is 142 Å². The van der Waals surface area contributed by atoms with Crippen LogP contribution in [0.15, 0.2) is 29.6 Å². The Morgan fingerprint density at radius 1 is 1.25 bits per heavy atom. The van der Waals surface area contributed by atoms with E-state index >= 15 is 0 Å². The number of aromatic nitrogens is 1. The van der Waals surface area contributed by atoms with E-state index in [4.69, 9.17) is 5.11 Å². The number of carboxylic acid groups (broad SMARTS) is 1. The normalized spacial score (nSPS) is 20.5. The summed E-state index contributed by atoms with van der Waals surface area (Å²) in [7, 11) is 0. The van der Waals surface area contributed by atoms with E-state index in [-0.39, 0.29) is 17.6 Å². The Kier molecular flexibility index (Phi) is 4.75. The van der Waals surface area contributed by atoms with Crippen LogP contribution in [-0.4, -0.2) is 27.0 Å². The number of nitrogens with one attached hydrogen (secondary N) is 1. The monoisotopic (exact) mass is 347 g/mol. The third kappa shape index (κ3) is 3.70. The molecule has 1 aliphatic carbocycles. The number of hydrogen-bond donors (Lipinski definition) is 2. The van der Waals surface area contributed by atoms with Gasteiger partial charge in [-0.2, -0.15) is 0 Å². The zero-order valence-electron chi connectivity index (χ0n) is 12.8. The molecule has 0 bridgehead atoms. The molecule has 1 aliphatic rings. The molecule has 1 heterocycles. The van der Waals surface area contributed by atoms with Crippen molar-refractivity contribution in [3.05, 3.63) is 39.8 Å². The highest BCUT2D eigenvalue weighted by atomic mass is 32.1. The van der Waals surface area contributed by atoms with Crippen LogP contribution < -0.4 is 5.32 Å². The Hall–Kier alpha value is -2.48. The molecular weight excluding hydrogens is 330 g/mol. The molecule has 8 heteroatoms. The Morgan fingerprint density at radius 2 is 1.92 bits per heavy atom. The number of aliphatic carboxylic acids is 1. The minimum Gasteiger partial charge on any atom is -0.481 e. The standard InChI is InChI=1S/C16H17N3O4S/c20-15(21)11-1-5-12(6-2-11)17-16-18-14(9-24-16)10-3-7-13(8-4-10)19(22)23/h3-4,7-9,11-12H,1-2,5-6H2,(H,17,18)(H,20,21). The first-order valence-electron chi connectivity index (χ1n) is 7.72. The zero-order valence-corrected chi connectivity index (χ0v) is 13.7. The third-order valence-corrected chi connectivity index (χ3v) is 5.06. The number of rotatable bonds is 5. The van der Waals surface area contributed by atoms with Gasteiger partial charge in [-0.1, -0.05) is 0 Å². The van der Waals surface area contributed by atoms with Crippen molar-refractivity contribution in [2.45, 2.75) is 31.7 Å². The molecule has 2 N–H and O–H groups in total. The van der Waals surface area contributed by atoms with Crippen molar-refractivity contribution in [1.82, 2.24) is 4.98 Å². The van der Waals surface area contributed by atoms with Crippen LogP contribution in [-0.2, 0) is 4.79 Å². The lowest BCUT2D eigenvalue weighted by atomic mass is 9.86. The van der Waals surface area contributed by atoms with Crippen molar-refractivity contribution in [3.63, 3.8) is 0 Å². The fraction of sp³-hybridized carbons (Fsp3) is 0.375. The van der Waals surface area contributed by atoms with E-state index in [0.717, 1.165) is 29.2 Å². The molecule has 0 saturated heterocycles. The van der Waals surface area contributed by atoms with Crippen LogP contribution in [0.5, 0.6) is 0 Å². The van der Waals surface area contributed by atoms with Crippen LogP contribution in [0.1, 0.15) is 25.7 Å². The zero-order chi connectivity index (χ0) is 17.1. The quantitative estimate of drug-likeness (QED) is 0.630. The van der Waals surface area contributed by atoms with Gasteiger partial charge in [-0.3, -0.25) is 14.9 Å². The van der Waals surface area contributed by atoms with Crippen molar-refractivity contribution in [3.8, 4) is 11.3 Å². The molecule has 0 atom stereocenters. The number of anilines is 1. The number of nitrogens with zero attached hydrogens (tertiary/aromatic N) is 2. The molecule has 1 saturated carbocycles. The van der Waals surface area contributed by atoms with Crippen LogP contribution >= 0.6 is 11.3 Å².